The molecule has 29 heavy (non-hydrogen) atoms. The number of nitro groups is 1. The van der Waals surface area contributed by atoms with Crippen LogP contribution in [0, 0.1) is 10.1 Å². The Morgan fingerprint density at radius 2 is 1.90 bits per heavy atom. The summed E-state index contributed by atoms with van der Waals surface area (Å²) < 4.78 is 1.72. The van der Waals surface area contributed by atoms with Gasteiger partial charge in [0.1, 0.15) is 5.02 Å². The van der Waals surface area contributed by atoms with Gasteiger partial charge in [-0.1, -0.05) is 54.1 Å². The molecule has 0 aliphatic rings. The highest BCUT2D eigenvalue weighted by molar-refractivity contribution is 6.32. The molecule has 0 aliphatic heterocycles. The van der Waals surface area contributed by atoms with Crippen molar-refractivity contribution in [1.29, 1.82) is 0 Å². The zero-order valence-electron chi connectivity index (χ0n) is 15.1. The second kappa shape index (κ2) is 7.73. The summed E-state index contributed by atoms with van der Waals surface area (Å²) in [6.07, 6.45) is 1.77. The molecule has 4 aromatic rings. The van der Waals surface area contributed by atoms with Crippen molar-refractivity contribution < 1.29 is 9.72 Å². The normalized spacial score (nSPS) is 10.8. The van der Waals surface area contributed by atoms with E-state index in [2.05, 4.69) is 28.6 Å². The number of halogens is 1. The van der Waals surface area contributed by atoms with Gasteiger partial charge in [0.25, 0.3) is 11.6 Å². The smallest absolute Gasteiger partial charge is 0.288 e. The third-order valence-electron chi connectivity index (χ3n) is 4.50. The molecule has 144 valence electrons. The Balaban J connectivity index is 1.52. The highest BCUT2D eigenvalue weighted by Gasteiger charge is 2.17. The molecule has 0 saturated heterocycles. The topological polar surface area (TPSA) is 90.1 Å². The molecule has 1 heterocycles. The van der Waals surface area contributed by atoms with E-state index in [1.165, 1.54) is 12.1 Å². The fourth-order valence-electron chi connectivity index (χ4n) is 3.10. The number of anilines is 1. The molecule has 4 rings (SSSR count). The molecular weight excluding hydrogens is 392 g/mol. The van der Waals surface area contributed by atoms with Crippen molar-refractivity contribution in [3.8, 4) is 0 Å². The number of nitrogens with zero attached hydrogens (tertiary/aromatic N) is 3. The number of hydrogen-bond acceptors (Lipinski definition) is 4. The van der Waals surface area contributed by atoms with Gasteiger partial charge >= 0.3 is 0 Å². The number of hydrogen-bond donors (Lipinski definition) is 1. The number of benzene rings is 3. The molecule has 8 heteroatoms. The monoisotopic (exact) mass is 406 g/mol. The van der Waals surface area contributed by atoms with E-state index in [1.54, 1.807) is 16.9 Å². The molecule has 0 spiro atoms. The lowest BCUT2D eigenvalue weighted by atomic mass is 10.0. The lowest BCUT2D eigenvalue weighted by Gasteiger charge is -2.07. The highest BCUT2D eigenvalue weighted by Crippen LogP contribution is 2.25. The summed E-state index contributed by atoms with van der Waals surface area (Å²) in [7, 11) is 0. The van der Waals surface area contributed by atoms with Crippen molar-refractivity contribution in [2.45, 2.75) is 6.54 Å². The van der Waals surface area contributed by atoms with Crippen LogP contribution in [-0.2, 0) is 6.54 Å². The molecule has 0 bridgehead atoms. The standard InChI is InChI=1S/C21H15ClN4O3/c22-18-9-8-15(12-19(18)26(28)29)21(27)23-20-10-11-25(24-20)13-16-6-3-5-14-4-1-2-7-17(14)16/h1-12H,13H2,(H,23,24,27). The quantitative estimate of drug-likeness (QED) is 0.377. The lowest BCUT2D eigenvalue weighted by molar-refractivity contribution is -0.384. The van der Waals surface area contributed by atoms with Crippen LogP contribution in [0.2, 0.25) is 5.02 Å². The number of rotatable bonds is 5. The average molecular weight is 407 g/mol. The number of carbonyl (C=O) groups is 1. The van der Waals surface area contributed by atoms with E-state index < -0.39 is 10.8 Å². The molecule has 1 amide bonds. The fraction of sp³-hybridized carbons (Fsp3) is 0.0476. The molecule has 0 radical (unpaired) electrons. The summed E-state index contributed by atoms with van der Waals surface area (Å²) >= 11 is 5.79. The summed E-state index contributed by atoms with van der Waals surface area (Å²) in [5.41, 5.74) is 0.919. The van der Waals surface area contributed by atoms with Gasteiger partial charge in [0.15, 0.2) is 5.82 Å². The third kappa shape index (κ3) is 3.95. The number of nitro benzene ring substituents is 1. The number of carbonyl (C=O) groups excluding carboxylic acids is 1. The Labute approximate surface area is 170 Å². The number of amides is 1. The van der Waals surface area contributed by atoms with E-state index in [1.807, 2.05) is 24.3 Å². The Morgan fingerprint density at radius 3 is 2.72 bits per heavy atom. The van der Waals surface area contributed by atoms with E-state index >= 15 is 0 Å². The molecule has 1 N–H and O–H groups in total. The van der Waals surface area contributed by atoms with Gasteiger partial charge in [-0.3, -0.25) is 19.6 Å². The van der Waals surface area contributed by atoms with Crippen LogP contribution in [0.1, 0.15) is 15.9 Å². The molecule has 0 unspecified atom stereocenters. The van der Waals surface area contributed by atoms with Crippen molar-refractivity contribution in [2.75, 3.05) is 5.32 Å². The Hall–Kier alpha value is -3.71. The maximum Gasteiger partial charge on any atom is 0.288 e. The number of nitrogens with one attached hydrogen (secondary N) is 1. The summed E-state index contributed by atoms with van der Waals surface area (Å²) in [4.78, 5) is 22.8. The van der Waals surface area contributed by atoms with Crippen molar-refractivity contribution in [3.63, 3.8) is 0 Å². The minimum atomic E-state index is -0.627. The predicted octanol–water partition coefficient (Wildman–Crippen LogP) is 4.90. The van der Waals surface area contributed by atoms with Crippen molar-refractivity contribution in [3.05, 3.63) is 99.2 Å². The first-order chi connectivity index (χ1) is 14.0. The number of fused-ring (bicyclic) bond motifs is 1. The van der Waals surface area contributed by atoms with E-state index in [-0.39, 0.29) is 16.3 Å². The van der Waals surface area contributed by atoms with Gasteiger partial charge < -0.3 is 5.32 Å². The maximum atomic E-state index is 12.4. The van der Waals surface area contributed by atoms with Gasteiger partial charge in [-0.2, -0.15) is 5.10 Å². The van der Waals surface area contributed by atoms with Gasteiger partial charge in [0.2, 0.25) is 0 Å². The van der Waals surface area contributed by atoms with Crippen LogP contribution >= 0.6 is 11.6 Å². The minimum absolute atomic E-state index is 0.0223. The van der Waals surface area contributed by atoms with Crippen molar-refractivity contribution in [1.82, 2.24) is 9.78 Å². The fourth-order valence-corrected chi connectivity index (χ4v) is 3.29. The molecule has 0 aliphatic carbocycles. The minimum Gasteiger partial charge on any atom is -0.305 e. The molecule has 7 nitrogen and oxygen atoms in total. The van der Waals surface area contributed by atoms with E-state index in [4.69, 9.17) is 11.6 Å². The van der Waals surface area contributed by atoms with Crippen molar-refractivity contribution in [2.24, 2.45) is 0 Å². The second-order valence-corrected chi connectivity index (χ2v) is 6.82. The van der Waals surface area contributed by atoms with E-state index in [0.29, 0.717) is 12.4 Å². The zero-order chi connectivity index (χ0) is 20.4. The van der Waals surface area contributed by atoms with E-state index in [0.717, 1.165) is 22.4 Å². The molecule has 0 saturated carbocycles. The lowest BCUT2D eigenvalue weighted by Crippen LogP contribution is -2.13. The summed E-state index contributed by atoms with van der Waals surface area (Å²) in [5, 5.41) is 20.3. The molecule has 1 aromatic heterocycles. The Bertz CT molecular complexity index is 1230. The van der Waals surface area contributed by atoms with E-state index in [9.17, 15) is 14.9 Å². The first kappa shape index (κ1) is 18.6. The summed E-state index contributed by atoms with van der Waals surface area (Å²) in [5.74, 6) is -0.145. The molecule has 0 atom stereocenters. The van der Waals surface area contributed by atoms with Crippen LogP contribution < -0.4 is 5.32 Å². The number of aromatic nitrogens is 2. The SMILES string of the molecule is O=C(Nc1ccn(Cc2cccc3ccccc23)n1)c1ccc(Cl)c([N+](=O)[O-])c1. The largest absolute Gasteiger partial charge is 0.305 e. The van der Waals surface area contributed by atoms with Crippen LogP contribution in [0.25, 0.3) is 10.8 Å². The molecule has 3 aromatic carbocycles. The van der Waals surface area contributed by atoms with Gasteiger partial charge in [0, 0.05) is 23.9 Å². The third-order valence-corrected chi connectivity index (χ3v) is 4.82. The average Bonchev–Trinajstić information content (AvgIpc) is 3.15. The van der Waals surface area contributed by atoms with Crippen LogP contribution in [0.5, 0.6) is 0 Å². The van der Waals surface area contributed by atoms with Gasteiger partial charge in [-0.25, -0.2) is 0 Å². The first-order valence-corrected chi connectivity index (χ1v) is 9.14. The zero-order valence-corrected chi connectivity index (χ0v) is 15.8. The summed E-state index contributed by atoms with van der Waals surface area (Å²) in [6, 6.07) is 19.8. The van der Waals surface area contributed by atoms with Crippen LogP contribution in [-0.4, -0.2) is 20.6 Å². The van der Waals surface area contributed by atoms with Gasteiger partial charge in [0.05, 0.1) is 11.5 Å². The van der Waals surface area contributed by atoms with Crippen molar-refractivity contribution >= 4 is 39.8 Å². The van der Waals surface area contributed by atoms with Crippen LogP contribution in [0.3, 0.4) is 0 Å². The van der Waals surface area contributed by atoms with Crippen LogP contribution in [0.4, 0.5) is 11.5 Å². The first-order valence-electron chi connectivity index (χ1n) is 8.76. The van der Waals surface area contributed by atoms with Crippen LogP contribution in [0.15, 0.2) is 72.9 Å². The molecular formula is C21H15ClN4O3. The Morgan fingerprint density at radius 1 is 1.10 bits per heavy atom. The van der Waals surface area contributed by atoms with Gasteiger partial charge in [-0.15, -0.1) is 0 Å². The second-order valence-electron chi connectivity index (χ2n) is 6.41. The predicted molar refractivity (Wildman–Crippen MR) is 111 cm³/mol. The maximum absolute atomic E-state index is 12.4. The highest BCUT2D eigenvalue weighted by atomic mass is 35.5. The summed E-state index contributed by atoms with van der Waals surface area (Å²) in [6.45, 7) is 0.545. The Kier molecular flexibility index (Phi) is 4.97. The van der Waals surface area contributed by atoms with Gasteiger partial charge in [-0.05, 0) is 28.5 Å². The molecule has 0 fully saturated rings.